The zero-order valence-electron chi connectivity index (χ0n) is 9.92. The second-order valence-electron chi connectivity index (χ2n) is 4.12. The van der Waals surface area contributed by atoms with E-state index in [1.807, 2.05) is 18.2 Å². The molecule has 16 heavy (non-hydrogen) atoms. The van der Waals surface area contributed by atoms with Crippen LogP contribution in [0.3, 0.4) is 0 Å². The summed E-state index contributed by atoms with van der Waals surface area (Å²) in [6, 6.07) is 8.16. The fourth-order valence-electron chi connectivity index (χ4n) is 1.44. The molecule has 2 unspecified atom stereocenters. The van der Waals surface area contributed by atoms with Gasteiger partial charge in [-0.2, -0.15) is 5.26 Å². The molecular weight excluding hydrogens is 264 g/mol. The molecule has 1 rings (SSSR count). The van der Waals surface area contributed by atoms with Crippen LogP contribution in [0.1, 0.15) is 32.8 Å². The molecule has 2 nitrogen and oxygen atoms in total. The minimum atomic E-state index is 0.425. The monoisotopic (exact) mass is 280 g/mol. The highest BCUT2D eigenvalue weighted by molar-refractivity contribution is 9.10. The number of halogens is 1. The third-order valence-electron chi connectivity index (χ3n) is 2.98. The van der Waals surface area contributed by atoms with Gasteiger partial charge in [-0.3, -0.25) is 0 Å². The molecule has 0 aromatic heterocycles. The second kappa shape index (κ2) is 5.91. The van der Waals surface area contributed by atoms with E-state index < -0.39 is 0 Å². The maximum absolute atomic E-state index is 8.77. The van der Waals surface area contributed by atoms with Crippen molar-refractivity contribution in [2.75, 3.05) is 5.32 Å². The number of rotatable bonds is 4. The molecule has 3 heteroatoms. The Morgan fingerprint density at radius 2 is 2.12 bits per heavy atom. The second-order valence-corrected chi connectivity index (χ2v) is 4.98. The molecule has 0 radical (unpaired) electrons. The molecule has 86 valence electrons. The SMILES string of the molecule is CCC(C)C(C)Nc1ccc(C#N)cc1Br. The molecule has 2 atom stereocenters. The molecule has 0 aliphatic rings. The summed E-state index contributed by atoms with van der Waals surface area (Å²) >= 11 is 3.47. The number of nitrogens with one attached hydrogen (secondary N) is 1. The number of nitriles is 1. The van der Waals surface area contributed by atoms with Crippen molar-refractivity contribution in [3.63, 3.8) is 0 Å². The molecule has 0 aliphatic heterocycles. The molecule has 0 fully saturated rings. The van der Waals surface area contributed by atoms with Crippen LogP contribution in [-0.2, 0) is 0 Å². The molecule has 0 spiro atoms. The molecule has 0 amide bonds. The lowest BCUT2D eigenvalue weighted by molar-refractivity contribution is 0.494. The van der Waals surface area contributed by atoms with Gasteiger partial charge in [0.25, 0.3) is 0 Å². The van der Waals surface area contributed by atoms with Gasteiger partial charge in [0, 0.05) is 16.2 Å². The molecule has 0 bridgehead atoms. The summed E-state index contributed by atoms with van der Waals surface area (Å²) < 4.78 is 0.946. The van der Waals surface area contributed by atoms with Gasteiger partial charge in [0.2, 0.25) is 0 Å². The van der Waals surface area contributed by atoms with Crippen molar-refractivity contribution in [2.45, 2.75) is 33.2 Å². The number of hydrogen-bond donors (Lipinski definition) is 1. The Labute approximate surface area is 106 Å². The van der Waals surface area contributed by atoms with Crippen molar-refractivity contribution in [2.24, 2.45) is 5.92 Å². The Morgan fingerprint density at radius 3 is 2.62 bits per heavy atom. The van der Waals surface area contributed by atoms with Crippen molar-refractivity contribution >= 4 is 21.6 Å². The van der Waals surface area contributed by atoms with Gasteiger partial charge < -0.3 is 5.32 Å². The lowest BCUT2D eigenvalue weighted by atomic mass is 10.0. The molecule has 0 aliphatic carbocycles. The normalized spacial score (nSPS) is 13.9. The molecule has 1 N–H and O–H groups in total. The smallest absolute Gasteiger partial charge is 0.0992 e. The van der Waals surface area contributed by atoms with E-state index in [9.17, 15) is 0 Å². The Balaban J connectivity index is 2.79. The van der Waals surface area contributed by atoms with E-state index in [1.54, 1.807) is 0 Å². The molecular formula is C13H17BrN2. The maximum atomic E-state index is 8.77. The third-order valence-corrected chi connectivity index (χ3v) is 3.63. The van der Waals surface area contributed by atoms with Gasteiger partial charge in [0.15, 0.2) is 0 Å². The summed E-state index contributed by atoms with van der Waals surface area (Å²) in [7, 11) is 0. The van der Waals surface area contributed by atoms with Crippen LogP contribution in [0.4, 0.5) is 5.69 Å². The van der Waals surface area contributed by atoms with Gasteiger partial charge in [-0.1, -0.05) is 20.3 Å². The largest absolute Gasteiger partial charge is 0.381 e. The Kier molecular flexibility index (Phi) is 4.82. The average molecular weight is 281 g/mol. The molecule has 0 saturated heterocycles. The third kappa shape index (κ3) is 3.24. The van der Waals surface area contributed by atoms with Gasteiger partial charge in [-0.05, 0) is 47.0 Å². The predicted molar refractivity (Wildman–Crippen MR) is 71.4 cm³/mol. The van der Waals surface area contributed by atoms with Gasteiger partial charge in [0.1, 0.15) is 0 Å². The van der Waals surface area contributed by atoms with Crippen LogP contribution < -0.4 is 5.32 Å². The number of anilines is 1. The van der Waals surface area contributed by atoms with Crippen LogP contribution >= 0.6 is 15.9 Å². The highest BCUT2D eigenvalue weighted by Gasteiger charge is 2.11. The van der Waals surface area contributed by atoms with E-state index in [-0.39, 0.29) is 0 Å². The standard InChI is InChI=1S/C13H17BrN2/c1-4-9(2)10(3)16-13-6-5-11(8-15)7-12(13)14/h5-7,9-10,16H,4H2,1-3H3. The Bertz CT molecular complexity index is 395. The van der Waals surface area contributed by atoms with Crippen molar-refractivity contribution in [3.8, 4) is 6.07 Å². The van der Waals surface area contributed by atoms with E-state index in [1.165, 1.54) is 0 Å². The van der Waals surface area contributed by atoms with E-state index in [0.29, 0.717) is 17.5 Å². The summed E-state index contributed by atoms with van der Waals surface area (Å²) in [5, 5.41) is 12.2. The van der Waals surface area contributed by atoms with Crippen molar-refractivity contribution in [1.82, 2.24) is 0 Å². The molecule has 1 aromatic carbocycles. The molecule has 0 saturated carbocycles. The summed E-state index contributed by atoms with van der Waals surface area (Å²) in [6.45, 7) is 6.60. The quantitative estimate of drug-likeness (QED) is 0.899. The fraction of sp³-hybridized carbons (Fsp3) is 0.462. The van der Waals surface area contributed by atoms with Crippen molar-refractivity contribution < 1.29 is 0 Å². The maximum Gasteiger partial charge on any atom is 0.0992 e. The summed E-state index contributed by atoms with van der Waals surface area (Å²) in [6.07, 6.45) is 1.15. The van der Waals surface area contributed by atoms with Gasteiger partial charge in [-0.25, -0.2) is 0 Å². The van der Waals surface area contributed by atoms with E-state index in [4.69, 9.17) is 5.26 Å². The Morgan fingerprint density at radius 1 is 1.44 bits per heavy atom. The van der Waals surface area contributed by atoms with E-state index >= 15 is 0 Å². The van der Waals surface area contributed by atoms with Gasteiger partial charge in [-0.15, -0.1) is 0 Å². The lowest BCUT2D eigenvalue weighted by Crippen LogP contribution is -2.23. The minimum Gasteiger partial charge on any atom is -0.381 e. The Hall–Kier alpha value is -1.01. The van der Waals surface area contributed by atoms with Crippen molar-refractivity contribution in [1.29, 1.82) is 5.26 Å². The molecule has 1 aromatic rings. The predicted octanol–water partition coefficient (Wildman–Crippen LogP) is 4.17. The highest BCUT2D eigenvalue weighted by Crippen LogP contribution is 2.25. The lowest BCUT2D eigenvalue weighted by Gasteiger charge is -2.21. The van der Waals surface area contributed by atoms with E-state index in [2.05, 4.69) is 48.1 Å². The van der Waals surface area contributed by atoms with Crippen LogP contribution in [-0.4, -0.2) is 6.04 Å². The molecule has 0 heterocycles. The summed E-state index contributed by atoms with van der Waals surface area (Å²) in [5.74, 6) is 0.627. The van der Waals surface area contributed by atoms with Crippen molar-refractivity contribution in [3.05, 3.63) is 28.2 Å². The first-order chi connectivity index (χ1) is 7.58. The van der Waals surface area contributed by atoms with Crippen LogP contribution in [0.5, 0.6) is 0 Å². The number of benzene rings is 1. The van der Waals surface area contributed by atoms with Crippen LogP contribution in [0.25, 0.3) is 0 Å². The van der Waals surface area contributed by atoms with E-state index in [0.717, 1.165) is 16.6 Å². The van der Waals surface area contributed by atoms with Gasteiger partial charge in [0.05, 0.1) is 11.6 Å². The minimum absolute atomic E-state index is 0.425. The first kappa shape index (κ1) is 13.1. The zero-order chi connectivity index (χ0) is 12.1. The van der Waals surface area contributed by atoms with Crippen LogP contribution in [0.15, 0.2) is 22.7 Å². The van der Waals surface area contributed by atoms with Crippen LogP contribution in [0, 0.1) is 17.2 Å². The highest BCUT2D eigenvalue weighted by atomic mass is 79.9. The first-order valence-electron chi connectivity index (χ1n) is 5.54. The summed E-state index contributed by atoms with van der Waals surface area (Å²) in [5.41, 5.74) is 1.72. The van der Waals surface area contributed by atoms with Gasteiger partial charge >= 0.3 is 0 Å². The van der Waals surface area contributed by atoms with Crippen LogP contribution in [0.2, 0.25) is 0 Å². The topological polar surface area (TPSA) is 35.8 Å². The fourth-order valence-corrected chi connectivity index (χ4v) is 1.94. The average Bonchev–Trinajstić information content (AvgIpc) is 2.30. The zero-order valence-corrected chi connectivity index (χ0v) is 11.5. The summed E-state index contributed by atoms with van der Waals surface area (Å²) in [4.78, 5) is 0. The first-order valence-corrected chi connectivity index (χ1v) is 6.34. The number of hydrogen-bond acceptors (Lipinski definition) is 2. The number of nitrogens with zero attached hydrogens (tertiary/aromatic N) is 1.